The maximum atomic E-state index is 10.9. The molecule has 0 saturated carbocycles. The van der Waals surface area contributed by atoms with Gasteiger partial charge in [0, 0.05) is 12.3 Å². The molecule has 2 rings (SSSR count). The lowest BCUT2D eigenvalue weighted by atomic mass is 10.2. The average molecular weight is 249 g/mol. The number of aliphatic hydroxyl groups excluding tert-OH is 1. The van der Waals surface area contributed by atoms with Gasteiger partial charge in [0.15, 0.2) is 5.75 Å². The van der Waals surface area contributed by atoms with Gasteiger partial charge in [0.2, 0.25) is 0 Å². The molecular weight excluding hydrogens is 238 g/mol. The van der Waals surface area contributed by atoms with E-state index in [1.165, 1.54) is 23.9 Å². The second-order valence-corrected chi connectivity index (χ2v) is 3.52. The van der Waals surface area contributed by atoms with E-state index in [0.717, 1.165) is 0 Å². The highest BCUT2D eigenvalue weighted by molar-refractivity contribution is 5.53. The summed E-state index contributed by atoms with van der Waals surface area (Å²) in [4.78, 5) is 10.4. The number of nitro benzene ring substituents is 1. The molecule has 94 valence electrons. The van der Waals surface area contributed by atoms with Crippen LogP contribution in [-0.2, 0) is 6.61 Å². The van der Waals surface area contributed by atoms with Crippen LogP contribution in [0.5, 0.6) is 5.75 Å². The van der Waals surface area contributed by atoms with Crippen LogP contribution in [0.1, 0.15) is 5.69 Å². The molecule has 0 amide bonds. The summed E-state index contributed by atoms with van der Waals surface area (Å²) in [6.07, 6.45) is 1.62. The number of aliphatic hydroxyl groups is 1. The van der Waals surface area contributed by atoms with Gasteiger partial charge in [-0.05, 0) is 18.2 Å². The minimum absolute atomic E-state index is 0.129. The van der Waals surface area contributed by atoms with E-state index in [4.69, 9.17) is 9.84 Å². The number of nitro groups is 1. The van der Waals surface area contributed by atoms with Gasteiger partial charge in [-0.1, -0.05) is 0 Å². The third-order valence-electron chi connectivity index (χ3n) is 2.43. The van der Waals surface area contributed by atoms with Crippen molar-refractivity contribution in [1.82, 2.24) is 9.78 Å². The highest BCUT2D eigenvalue weighted by Gasteiger charge is 2.16. The van der Waals surface area contributed by atoms with Gasteiger partial charge < -0.3 is 9.84 Å². The molecule has 18 heavy (non-hydrogen) atoms. The molecule has 1 heterocycles. The molecule has 7 heteroatoms. The highest BCUT2D eigenvalue weighted by Crippen LogP contribution is 2.28. The van der Waals surface area contributed by atoms with Crippen molar-refractivity contribution < 1.29 is 14.8 Å². The Bertz CT molecular complexity index is 579. The number of rotatable bonds is 4. The first-order valence-electron chi connectivity index (χ1n) is 5.14. The van der Waals surface area contributed by atoms with Gasteiger partial charge in [0.25, 0.3) is 0 Å². The maximum Gasteiger partial charge on any atom is 0.313 e. The molecule has 0 bridgehead atoms. The first kappa shape index (κ1) is 12.1. The molecule has 0 saturated heterocycles. The van der Waals surface area contributed by atoms with Crippen LogP contribution in [0.4, 0.5) is 5.69 Å². The fraction of sp³-hybridized carbons (Fsp3) is 0.182. The van der Waals surface area contributed by atoms with Gasteiger partial charge >= 0.3 is 5.69 Å². The van der Waals surface area contributed by atoms with Crippen molar-refractivity contribution in [3.63, 3.8) is 0 Å². The van der Waals surface area contributed by atoms with Crippen LogP contribution < -0.4 is 4.74 Å². The van der Waals surface area contributed by atoms with Crippen LogP contribution in [0.3, 0.4) is 0 Å². The molecule has 0 fully saturated rings. The normalized spacial score (nSPS) is 10.3. The van der Waals surface area contributed by atoms with E-state index < -0.39 is 4.92 Å². The summed E-state index contributed by atoms with van der Waals surface area (Å²) >= 11 is 0. The van der Waals surface area contributed by atoms with Crippen molar-refractivity contribution in [3.8, 4) is 11.4 Å². The van der Waals surface area contributed by atoms with Gasteiger partial charge in [-0.15, -0.1) is 0 Å². The summed E-state index contributed by atoms with van der Waals surface area (Å²) < 4.78 is 6.37. The van der Waals surface area contributed by atoms with Crippen LogP contribution >= 0.6 is 0 Å². The number of aromatic nitrogens is 2. The number of hydrogen-bond donors (Lipinski definition) is 1. The van der Waals surface area contributed by atoms with Gasteiger partial charge in [0.1, 0.15) is 0 Å². The van der Waals surface area contributed by atoms with E-state index in [2.05, 4.69) is 5.10 Å². The Hall–Kier alpha value is -2.41. The van der Waals surface area contributed by atoms with E-state index >= 15 is 0 Å². The largest absolute Gasteiger partial charge is 0.490 e. The molecule has 0 aliphatic rings. The van der Waals surface area contributed by atoms with Crippen LogP contribution in [0.25, 0.3) is 5.69 Å². The summed E-state index contributed by atoms with van der Waals surface area (Å²) in [6, 6.07) is 6.16. The quantitative estimate of drug-likeness (QED) is 0.651. The predicted octanol–water partition coefficient (Wildman–Crippen LogP) is 1.28. The molecule has 0 spiro atoms. The monoisotopic (exact) mass is 249 g/mol. The van der Waals surface area contributed by atoms with E-state index in [-0.39, 0.29) is 18.0 Å². The van der Waals surface area contributed by atoms with Gasteiger partial charge in [-0.2, -0.15) is 5.10 Å². The average Bonchev–Trinajstić information content (AvgIpc) is 2.86. The van der Waals surface area contributed by atoms with Gasteiger partial charge in [-0.3, -0.25) is 10.1 Å². The Morgan fingerprint density at radius 2 is 2.28 bits per heavy atom. The molecular formula is C11H11N3O4. The van der Waals surface area contributed by atoms with Crippen LogP contribution in [0.15, 0.2) is 30.5 Å². The van der Waals surface area contributed by atoms with Gasteiger partial charge in [0.05, 0.1) is 30.0 Å². The van der Waals surface area contributed by atoms with Crippen molar-refractivity contribution in [2.45, 2.75) is 6.61 Å². The molecule has 0 radical (unpaired) electrons. The van der Waals surface area contributed by atoms with E-state index in [0.29, 0.717) is 11.4 Å². The maximum absolute atomic E-state index is 10.9. The Balaban J connectivity index is 2.46. The molecule has 7 nitrogen and oxygen atoms in total. The zero-order valence-corrected chi connectivity index (χ0v) is 9.61. The van der Waals surface area contributed by atoms with Crippen molar-refractivity contribution in [2.75, 3.05) is 7.11 Å². The molecule has 1 N–H and O–H groups in total. The lowest BCUT2D eigenvalue weighted by molar-refractivity contribution is -0.385. The fourth-order valence-electron chi connectivity index (χ4n) is 1.55. The summed E-state index contributed by atoms with van der Waals surface area (Å²) in [7, 11) is 1.37. The second-order valence-electron chi connectivity index (χ2n) is 3.52. The molecule has 0 aliphatic carbocycles. The standard InChI is InChI=1S/C11H11N3O4/c1-18-11-3-2-9(6-10(11)14(16)17)13-5-4-8(7-15)12-13/h2-6,15H,7H2,1H3. The van der Waals surface area contributed by atoms with Crippen molar-refractivity contribution in [1.29, 1.82) is 0 Å². The minimum atomic E-state index is -0.515. The number of benzene rings is 1. The Labute approximate surface area is 102 Å². The summed E-state index contributed by atoms with van der Waals surface area (Å²) in [6.45, 7) is -0.175. The highest BCUT2D eigenvalue weighted by atomic mass is 16.6. The van der Waals surface area contributed by atoms with Crippen LogP contribution in [0, 0.1) is 10.1 Å². The Morgan fingerprint density at radius 3 is 2.83 bits per heavy atom. The molecule has 0 aliphatic heterocycles. The SMILES string of the molecule is COc1ccc(-n2ccc(CO)n2)cc1[N+](=O)[O-]. The third-order valence-corrected chi connectivity index (χ3v) is 2.43. The summed E-state index contributed by atoms with van der Waals surface area (Å²) in [5.41, 5.74) is 0.895. The molecule has 1 aromatic carbocycles. The lowest BCUT2D eigenvalue weighted by Crippen LogP contribution is -1.99. The fourth-order valence-corrected chi connectivity index (χ4v) is 1.55. The van der Waals surface area contributed by atoms with E-state index in [9.17, 15) is 10.1 Å². The van der Waals surface area contributed by atoms with E-state index in [1.54, 1.807) is 18.3 Å². The van der Waals surface area contributed by atoms with E-state index in [1.807, 2.05) is 0 Å². The summed E-state index contributed by atoms with van der Waals surface area (Å²) in [5, 5.41) is 23.9. The van der Waals surface area contributed by atoms with Crippen molar-refractivity contribution >= 4 is 5.69 Å². The van der Waals surface area contributed by atoms with Crippen molar-refractivity contribution in [2.24, 2.45) is 0 Å². The topological polar surface area (TPSA) is 90.4 Å². The smallest absolute Gasteiger partial charge is 0.313 e. The zero-order chi connectivity index (χ0) is 13.1. The lowest BCUT2D eigenvalue weighted by Gasteiger charge is -2.04. The number of nitrogens with zero attached hydrogens (tertiary/aromatic N) is 3. The van der Waals surface area contributed by atoms with Gasteiger partial charge in [-0.25, -0.2) is 4.68 Å². The molecule has 2 aromatic rings. The molecule has 0 atom stereocenters. The Kier molecular flexibility index (Phi) is 3.24. The first-order valence-corrected chi connectivity index (χ1v) is 5.14. The molecule has 0 unspecified atom stereocenters. The minimum Gasteiger partial charge on any atom is -0.490 e. The number of ether oxygens (including phenoxy) is 1. The Morgan fingerprint density at radius 1 is 1.50 bits per heavy atom. The number of methoxy groups -OCH3 is 1. The predicted molar refractivity (Wildman–Crippen MR) is 62.7 cm³/mol. The first-order chi connectivity index (χ1) is 8.65. The summed E-state index contributed by atoms with van der Waals surface area (Å²) in [5.74, 6) is 0.193. The third kappa shape index (κ3) is 2.16. The molecule has 1 aromatic heterocycles. The van der Waals surface area contributed by atoms with Crippen LogP contribution in [-0.4, -0.2) is 26.9 Å². The number of hydrogen-bond acceptors (Lipinski definition) is 5. The van der Waals surface area contributed by atoms with Crippen LogP contribution in [0.2, 0.25) is 0 Å². The second kappa shape index (κ2) is 4.84. The zero-order valence-electron chi connectivity index (χ0n) is 9.61. The van der Waals surface area contributed by atoms with Crippen molar-refractivity contribution in [3.05, 3.63) is 46.3 Å².